The molecule has 6 nitrogen and oxygen atoms in total. The second-order valence-corrected chi connectivity index (χ2v) is 27.5. The van der Waals surface area contributed by atoms with E-state index in [9.17, 15) is 24.8 Å². The predicted octanol–water partition coefficient (Wildman–Crippen LogP) is 13.9. The van der Waals surface area contributed by atoms with Crippen LogP contribution in [-0.4, -0.2) is 37.5 Å². The molecule has 0 amide bonds. The van der Waals surface area contributed by atoms with E-state index in [4.69, 9.17) is 4.74 Å². The van der Waals surface area contributed by atoms with Crippen LogP contribution in [0.2, 0.25) is 13.1 Å². The molecular weight excluding hydrogens is 843 g/mol. The summed E-state index contributed by atoms with van der Waals surface area (Å²) in [5.41, 5.74) is 9.03. The number of hydrogen-bond acceptors (Lipinski definition) is 5. The van der Waals surface area contributed by atoms with Gasteiger partial charge in [-0.25, -0.2) is 9.59 Å². The predicted molar refractivity (Wildman–Crippen MR) is 271 cm³/mol. The Morgan fingerprint density at radius 2 is 1.58 bits per heavy atom. The zero-order valence-electron chi connectivity index (χ0n) is 41.0. The summed E-state index contributed by atoms with van der Waals surface area (Å²) >= 11 is 0. The van der Waals surface area contributed by atoms with Crippen LogP contribution in [-0.2, 0) is 14.6 Å². The zero-order chi connectivity index (χ0) is 47.5. The Morgan fingerprint density at radius 1 is 0.866 bits per heavy atom. The summed E-state index contributed by atoms with van der Waals surface area (Å²) in [7, 11) is -2.64. The number of nitriles is 1. The molecule has 5 aliphatic carbocycles. The van der Waals surface area contributed by atoms with E-state index in [1.165, 1.54) is 50.5 Å². The van der Waals surface area contributed by atoms with Gasteiger partial charge in [0.05, 0.1) is 30.8 Å². The van der Waals surface area contributed by atoms with Crippen LogP contribution < -0.4 is 5.19 Å². The molecule has 4 aromatic carbocycles. The maximum atomic E-state index is 14.6. The number of aromatic carboxylic acids is 1. The molecule has 9 atom stereocenters. The number of aldehydes is 1. The molecule has 5 unspecified atom stereocenters. The summed E-state index contributed by atoms with van der Waals surface area (Å²) in [5.74, 6) is 3.43. The highest BCUT2D eigenvalue weighted by Gasteiger charge is 2.63. The number of rotatable bonds is 15. The lowest BCUT2D eigenvalue weighted by atomic mass is 9.47. The summed E-state index contributed by atoms with van der Waals surface area (Å²) in [6.45, 7) is 17.1. The second-order valence-electron chi connectivity index (χ2n) is 22.9. The van der Waals surface area contributed by atoms with Crippen molar-refractivity contribution in [3.05, 3.63) is 124 Å². The molecule has 0 heterocycles. The number of carbonyl (C=O) groups excluding carboxylic acids is 2. The van der Waals surface area contributed by atoms with Crippen LogP contribution in [0.25, 0.3) is 22.3 Å². The molecule has 0 spiro atoms. The highest BCUT2D eigenvalue weighted by atomic mass is 28.3. The minimum absolute atomic E-state index is 0.162. The average Bonchev–Trinajstić information content (AvgIpc) is 3.86. The zero-order valence-corrected chi connectivity index (χ0v) is 42.0. The molecule has 9 rings (SSSR count). The summed E-state index contributed by atoms with van der Waals surface area (Å²) in [6, 6.07) is 29.2. The number of allylic oxidation sites excluding steroid dienone is 1. The minimum atomic E-state index is -2.64. The molecule has 67 heavy (non-hydrogen) atoms. The molecule has 5 aliphatic rings. The Bertz CT molecular complexity index is 2620. The monoisotopic (exact) mass is 914 g/mol. The van der Waals surface area contributed by atoms with E-state index >= 15 is 0 Å². The SMILES string of the molecule is CC(C)CCC[C@@H](C)[C@H]1CCC2C3CC=C4CC(OC(=O)c5cccc6c5C6(CCC=O)[Si](C)(C)c5ccc(C(=O)O)c(-c6ccc(-c7ccc(C#N)cc7)cc6)c5)CC[C@]4(C)C3CC[C@@]21C. The quantitative estimate of drug-likeness (QED) is 0.0551. The van der Waals surface area contributed by atoms with E-state index < -0.39 is 19.1 Å². The number of carboxylic acids is 1. The van der Waals surface area contributed by atoms with Gasteiger partial charge in [-0.05, 0) is 155 Å². The van der Waals surface area contributed by atoms with Crippen LogP contribution >= 0.6 is 0 Å². The standard InChI is InChI=1S/C60H71NO5Si/c1-38(2)11-8-12-39(3)51-27-28-52-48-25-23-44-35-45(29-32-58(44,4)53(48)30-33-59(51,52)5)66-57(65)49-13-9-14-54-55(49)60(54,31-10-34-62)67(6,7)46-24-26-47(56(63)64)50(36-46)43-21-19-42(20-22-43)41-17-15-40(37-61)16-18-41/h9,13-24,26,34,36,38-39,45,48,51-53H,8,10-12,25,27-33,35H2,1-7H3,(H,63,64)/t39-,45?,48?,51-,52?,53?,58+,59-,60?/m1/s1. The van der Waals surface area contributed by atoms with E-state index in [0.717, 1.165) is 94.6 Å². The van der Waals surface area contributed by atoms with Crippen molar-refractivity contribution < 1.29 is 24.2 Å². The smallest absolute Gasteiger partial charge is 0.338 e. The molecule has 0 aliphatic heterocycles. The van der Waals surface area contributed by atoms with Gasteiger partial charge in [0.1, 0.15) is 12.4 Å². The lowest BCUT2D eigenvalue weighted by Crippen LogP contribution is -2.54. The normalized spacial score (nSPS) is 28.8. The summed E-state index contributed by atoms with van der Waals surface area (Å²) in [4.78, 5) is 39.4. The molecule has 350 valence electrons. The van der Waals surface area contributed by atoms with Gasteiger partial charge in [-0.2, -0.15) is 5.26 Å². The number of benzene rings is 4. The number of hydrogen-bond donors (Lipinski definition) is 1. The highest BCUT2D eigenvalue weighted by Crippen LogP contribution is 2.68. The lowest BCUT2D eigenvalue weighted by molar-refractivity contribution is -0.108. The largest absolute Gasteiger partial charge is 0.478 e. The van der Waals surface area contributed by atoms with E-state index in [0.29, 0.717) is 40.9 Å². The van der Waals surface area contributed by atoms with Gasteiger partial charge in [-0.3, -0.25) is 0 Å². The number of ether oxygens (including phenoxy) is 1. The Labute approximate surface area is 400 Å². The number of nitrogens with zero attached hydrogens (tertiary/aromatic N) is 1. The fourth-order valence-corrected chi connectivity index (χ4v) is 19.1. The van der Waals surface area contributed by atoms with Gasteiger partial charge in [0, 0.05) is 17.9 Å². The Balaban J connectivity index is 0.931. The lowest BCUT2D eigenvalue weighted by Gasteiger charge is -2.58. The van der Waals surface area contributed by atoms with Crippen molar-refractivity contribution in [1.29, 1.82) is 5.26 Å². The van der Waals surface area contributed by atoms with Gasteiger partial charge < -0.3 is 14.6 Å². The van der Waals surface area contributed by atoms with Gasteiger partial charge in [-0.1, -0.05) is 144 Å². The third-order valence-electron chi connectivity index (χ3n) is 18.9. The third kappa shape index (κ3) is 8.07. The van der Waals surface area contributed by atoms with Gasteiger partial charge in [0.15, 0.2) is 0 Å². The molecule has 0 saturated heterocycles. The van der Waals surface area contributed by atoms with Crippen molar-refractivity contribution in [2.75, 3.05) is 0 Å². The van der Waals surface area contributed by atoms with Crippen LogP contribution in [0.15, 0.2) is 96.6 Å². The fraction of sp³-hybridized carbons (Fsp3) is 0.500. The van der Waals surface area contributed by atoms with Crippen molar-refractivity contribution >= 4 is 31.5 Å². The van der Waals surface area contributed by atoms with Gasteiger partial charge in [-0.15, -0.1) is 0 Å². The fourth-order valence-electron chi connectivity index (χ4n) is 15.1. The summed E-state index contributed by atoms with van der Waals surface area (Å²) in [6.07, 6.45) is 17.7. The molecule has 1 N–H and O–H groups in total. The number of carbonyl (C=O) groups is 3. The number of esters is 1. The van der Waals surface area contributed by atoms with Gasteiger partial charge in [0.25, 0.3) is 0 Å². The Hall–Kier alpha value is -5.06. The van der Waals surface area contributed by atoms with E-state index in [2.05, 4.69) is 65.9 Å². The summed E-state index contributed by atoms with van der Waals surface area (Å²) in [5, 5.41) is 20.2. The van der Waals surface area contributed by atoms with E-state index in [-0.39, 0.29) is 23.1 Å². The number of fused-ring (bicyclic) bond motifs is 6. The molecule has 7 heteroatoms. The maximum Gasteiger partial charge on any atom is 0.338 e. The van der Waals surface area contributed by atoms with Crippen molar-refractivity contribution in [3.63, 3.8) is 0 Å². The first-order valence-corrected chi connectivity index (χ1v) is 28.5. The van der Waals surface area contributed by atoms with Crippen LogP contribution in [0.1, 0.15) is 155 Å². The van der Waals surface area contributed by atoms with E-state index in [1.54, 1.807) is 18.2 Å². The van der Waals surface area contributed by atoms with Gasteiger partial charge in [0.2, 0.25) is 0 Å². The molecular formula is C60H71NO5Si. The third-order valence-corrected chi connectivity index (χ3v) is 23.5. The van der Waals surface area contributed by atoms with Crippen LogP contribution in [0.5, 0.6) is 0 Å². The molecule has 4 aromatic rings. The average molecular weight is 914 g/mol. The van der Waals surface area contributed by atoms with Crippen molar-refractivity contribution in [2.45, 2.75) is 142 Å². The van der Waals surface area contributed by atoms with Crippen LogP contribution in [0.3, 0.4) is 0 Å². The minimum Gasteiger partial charge on any atom is -0.478 e. The molecule has 3 fully saturated rings. The first kappa shape index (κ1) is 47.0. The Kier molecular flexibility index (Phi) is 12.7. The van der Waals surface area contributed by atoms with Gasteiger partial charge >= 0.3 is 11.9 Å². The molecule has 0 radical (unpaired) electrons. The summed E-state index contributed by atoms with van der Waals surface area (Å²) < 4.78 is 6.57. The van der Waals surface area contributed by atoms with Crippen LogP contribution in [0.4, 0.5) is 0 Å². The van der Waals surface area contributed by atoms with Crippen molar-refractivity contribution in [1.82, 2.24) is 0 Å². The van der Waals surface area contributed by atoms with Crippen LogP contribution in [0, 0.1) is 57.7 Å². The Morgan fingerprint density at radius 3 is 2.27 bits per heavy atom. The van der Waals surface area contributed by atoms with Crippen molar-refractivity contribution in [3.8, 4) is 28.3 Å². The topological polar surface area (TPSA) is 104 Å². The molecule has 0 bridgehead atoms. The van der Waals surface area contributed by atoms with Crippen molar-refractivity contribution in [2.24, 2.45) is 46.3 Å². The number of carboxylic acid groups (broad SMARTS) is 1. The molecule has 0 aromatic heterocycles. The first-order chi connectivity index (χ1) is 32.1. The maximum absolute atomic E-state index is 14.6. The second kappa shape index (κ2) is 18.1. The highest BCUT2D eigenvalue weighted by molar-refractivity contribution is 6.94. The van der Waals surface area contributed by atoms with E-state index in [1.807, 2.05) is 60.7 Å². The first-order valence-electron chi connectivity index (χ1n) is 25.5. The molecule has 3 saturated carbocycles.